The number of benzene rings is 3. The van der Waals surface area contributed by atoms with Gasteiger partial charge in [0.2, 0.25) is 0 Å². The van der Waals surface area contributed by atoms with Crippen molar-refractivity contribution in [2.75, 3.05) is 13.2 Å². The van der Waals surface area contributed by atoms with Gasteiger partial charge in [-0.05, 0) is 80.4 Å². The van der Waals surface area contributed by atoms with Crippen LogP contribution in [0.3, 0.4) is 0 Å². The molecule has 1 amide bonds. The fourth-order valence-corrected chi connectivity index (χ4v) is 4.84. The van der Waals surface area contributed by atoms with E-state index in [1.54, 1.807) is 34.9 Å². The van der Waals surface area contributed by atoms with Gasteiger partial charge in [-0.15, -0.1) is 0 Å². The van der Waals surface area contributed by atoms with Gasteiger partial charge in [0.05, 0.1) is 29.2 Å². The molecule has 198 valence electrons. The Morgan fingerprint density at radius 3 is 2.34 bits per heavy atom. The number of ether oxygens (including phenoxy) is 1. The van der Waals surface area contributed by atoms with Crippen molar-refractivity contribution in [3.63, 3.8) is 0 Å². The smallest absolute Gasteiger partial charge is 0.266 e. The predicted octanol–water partition coefficient (Wildman–Crippen LogP) is 7.22. The second-order valence-electron chi connectivity index (χ2n) is 9.19. The monoisotopic (exact) mass is 531 g/mol. The van der Waals surface area contributed by atoms with E-state index in [1.807, 2.05) is 61.2 Å². The second kappa shape index (κ2) is 12.7. The summed E-state index contributed by atoms with van der Waals surface area (Å²) in [4.78, 5) is 34.7. The van der Waals surface area contributed by atoms with E-state index in [-0.39, 0.29) is 11.5 Å². The number of hydrogen-bond acceptors (Lipinski definition) is 4. The summed E-state index contributed by atoms with van der Waals surface area (Å²) in [7, 11) is 0. The number of carbonyl (C=O) groups excluding carboxylic acids is 1. The number of nitrogens with zero attached hydrogens (tertiary/aromatic N) is 3. The van der Waals surface area contributed by atoms with Gasteiger partial charge in [-0.1, -0.05) is 50.4 Å². The first-order valence-electron chi connectivity index (χ1n) is 13.3. The van der Waals surface area contributed by atoms with Crippen LogP contribution in [0.15, 0.2) is 77.6 Å². The van der Waals surface area contributed by atoms with Crippen molar-refractivity contribution in [1.82, 2.24) is 14.5 Å². The molecule has 0 aliphatic carbocycles. The number of fused-ring (bicyclic) bond motifs is 1. The standard InChI is InChI=1S/C31H34ClN3O3/c1-4-7-10-21-34(30(36)22-13-15-23(32)16-14-22)28(5-2)29-33-27-12-9-8-11-26(27)31(37)35(29)24-17-19-25(20-18-24)38-6-3/h8-9,11-20,28H,4-7,10,21H2,1-3H3. The highest BCUT2D eigenvalue weighted by Crippen LogP contribution is 2.29. The lowest BCUT2D eigenvalue weighted by molar-refractivity contribution is 0.0655. The van der Waals surface area contributed by atoms with Crippen LogP contribution in [0.1, 0.15) is 68.7 Å². The molecule has 0 fully saturated rings. The molecule has 1 heterocycles. The van der Waals surface area contributed by atoms with Crippen molar-refractivity contribution >= 4 is 28.4 Å². The van der Waals surface area contributed by atoms with Gasteiger partial charge < -0.3 is 9.64 Å². The summed E-state index contributed by atoms with van der Waals surface area (Å²) < 4.78 is 7.26. The molecule has 1 aromatic heterocycles. The van der Waals surface area contributed by atoms with E-state index in [2.05, 4.69) is 6.92 Å². The molecule has 0 saturated heterocycles. The Labute approximate surface area is 228 Å². The fraction of sp³-hybridized carbons (Fsp3) is 0.323. The second-order valence-corrected chi connectivity index (χ2v) is 9.63. The van der Waals surface area contributed by atoms with Crippen LogP contribution in [0.4, 0.5) is 0 Å². The van der Waals surface area contributed by atoms with Gasteiger partial charge in [0.15, 0.2) is 0 Å². The quantitative estimate of drug-likeness (QED) is 0.192. The molecule has 3 aromatic carbocycles. The molecule has 0 aliphatic rings. The first kappa shape index (κ1) is 27.4. The number of para-hydroxylation sites is 1. The maximum Gasteiger partial charge on any atom is 0.266 e. The van der Waals surface area contributed by atoms with E-state index < -0.39 is 6.04 Å². The lowest BCUT2D eigenvalue weighted by Crippen LogP contribution is -2.39. The van der Waals surface area contributed by atoms with Crippen LogP contribution in [-0.4, -0.2) is 33.5 Å². The summed E-state index contributed by atoms with van der Waals surface area (Å²) in [5.74, 6) is 1.16. The van der Waals surface area contributed by atoms with E-state index >= 15 is 0 Å². The Hall–Kier alpha value is -3.64. The molecule has 1 unspecified atom stereocenters. The molecule has 0 radical (unpaired) electrons. The average molecular weight is 532 g/mol. The number of aromatic nitrogens is 2. The first-order chi connectivity index (χ1) is 18.5. The zero-order valence-corrected chi connectivity index (χ0v) is 22.9. The zero-order chi connectivity index (χ0) is 27.1. The van der Waals surface area contributed by atoms with Gasteiger partial charge >= 0.3 is 0 Å². The van der Waals surface area contributed by atoms with Gasteiger partial charge in [-0.2, -0.15) is 0 Å². The molecule has 1 atom stereocenters. The number of unbranched alkanes of at least 4 members (excludes halogenated alkanes) is 2. The van der Waals surface area contributed by atoms with E-state index in [1.165, 1.54) is 0 Å². The molecule has 0 aliphatic heterocycles. The number of hydrogen-bond donors (Lipinski definition) is 0. The topological polar surface area (TPSA) is 64.4 Å². The molecular weight excluding hydrogens is 498 g/mol. The highest BCUT2D eigenvalue weighted by Gasteiger charge is 2.29. The van der Waals surface area contributed by atoms with E-state index in [4.69, 9.17) is 21.3 Å². The first-order valence-corrected chi connectivity index (χ1v) is 13.7. The Balaban J connectivity index is 1.89. The van der Waals surface area contributed by atoms with E-state index in [0.717, 1.165) is 25.0 Å². The predicted molar refractivity (Wildman–Crippen MR) is 154 cm³/mol. The van der Waals surface area contributed by atoms with Gasteiger partial charge in [-0.25, -0.2) is 4.98 Å². The van der Waals surface area contributed by atoms with Crippen LogP contribution < -0.4 is 10.3 Å². The van der Waals surface area contributed by atoms with Gasteiger partial charge in [0, 0.05) is 17.1 Å². The molecule has 38 heavy (non-hydrogen) atoms. The minimum absolute atomic E-state index is 0.106. The lowest BCUT2D eigenvalue weighted by Gasteiger charge is -2.32. The molecular formula is C31H34ClN3O3. The van der Waals surface area contributed by atoms with Crippen molar-refractivity contribution in [3.8, 4) is 11.4 Å². The van der Waals surface area contributed by atoms with Gasteiger partial charge in [0.1, 0.15) is 11.6 Å². The lowest BCUT2D eigenvalue weighted by atomic mass is 10.1. The van der Waals surface area contributed by atoms with Crippen LogP contribution in [-0.2, 0) is 0 Å². The number of amides is 1. The Kier molecular flexibility index (Phi) is 9.19. The number of rotatable bonds is 11. The minimum Gasteiger partial charge on any atom is -0.494 e. The molecule has 6 nitrogen and oxygen atoms in total. The highest BCUT2D eigenvalue weighted by atomic mass is 35.5. The Morgan fingerprint density at radius 2 is 1.68 bits per heavy atom. The summed E-state index contributed by atoms with van der Waals surface area (Å²) in [5.41, 5.74) is 1.68. The maximum absolute atomic E-state index is 13.9. The molecule has 4 aromatic rings. The minimum atomic E-state index is -0.418. The van der Waals surface area contributed by atoms with Crippen molar-refractivity contribution in [2.24, 2.45) is 0 Å². The van der Waals surface area contributed by atoms with Crippen LogP contribution >= 0.6 is 11.6 Å². The zero-order valence-electron chi connectivity index (χ0n) is 22.2. The normalized spacial score (nSPS) is 11.9. The summed E-state index contributed by atoms with van der Waals surface area (Å²) in [6, 6.07) is 21.3. The average Bonchev–Trinajstić information content (AvgIpc) is 2.94. The molecule has 0 bridgehead atoms. The van der Waals surface area contributed by atoms with E-state index in [0.29, 0.717) is 52.6 Å². The van der Waals surface area contributed by atoms with Crippen LogP contribution in [0.2, 0.25) is 5.02 Å². The Morgan fingerprint density at radius 1 is 0.974 bits per heavy atom. The van der Waals surface area contributed by atoms with Crippen molar-refractivity contribution < 1.29 is 9.53 Å². The van der Waals surface area contributed by atoms with Gasteiger partial charge in [0.25, 0.3) is 11.5 Å². The van der Waals surface area contributed by atoms with E-state index in [9.17, 15) is 9.59 Å². The van der Waals surface area contributed by atoms with Crippen LogP contribution in [0.25, 0.3) is 16.6 Å². The molecule has 0 saturated carbocycles. The maximum atomic E-state index is 13.9. The van der Waals surface area contributed by atoms with Crippen molar-refractivity contribution in [3.05, 3.63) is 99.6 Å². The highest BCUT2D eigenvalue weighted by molar-refractivity contribution is 6.30. The van der Waals surface area contributed by atoms with Crippen molar-refractivity contribution in [2.45, 2.75) is 52.5 Å². The SMILES string of the molecule is CCCCCN(C(=O)c1ccc(Cl)cc1)C(CC)c1nc2ccccc2c(=O)n1-c1ccc(OCC)cc1. The fourth-order valence-electron chi connectivity index (χ4n) is 4.71. The number of halogens is 1. The third kappa shape index (κ3) is 5.91. The molecule has 0 spiro atoms. The Bertz CT molecular complexity index is 1430. The summed E-state index contributed by atoms with van der Waals surface area (Å²) in [6.07, 6.45) is 3.48. The molecule has 7 heteroatoms. The summed E-state index contributed by atoms with van der Waals surface area (Å²) in [6.45, 7) is 7.20. The van der Waals surface area contributed by atoms with Crippen molar-refractivity contribution in [1.29, 1.82) is 0 Å². The van der Waals surface area contributed by atoms with Gasteiger partial charge in [-0.3, -0.25) is 14.2 Å². The number of carbonyl (C=O) groups is 1. The third-order valence-corrected chi connectivity index (χ3v) is 6.88. The molecule has 4 rings (SSSR count). The summed E-state index contributed by atoms with van der Waals surface area (Å²) >= 11 is 6.09. The largest absolute Gasteiger partial charge is 0.494 e. The summed E-state index contributed by atoms with van der Waals surface area (Å²) in [5, 5.41) is 1.10. The molecule has 0 N–H and O–H groups in total. The van der Waals surface area contributed by atoms with Crippen LogP contribution in [0.5, 0.6) is 5.75 Å². The van der Waals surface area contributed by atoms with Crippen LogP contribution in [0, 0.1) is 0 Å². The third-order valence-electron chi connectivity index (χ3n) is 6.62.